The number of carbonyl (C=O) groups excluding carboxylic acids is 1. The van der Waals surface area contributed by atoms with E-state index < -0.39 is 0 Å². The standard InChI is InChI=1S/C13H14N2OS/c1-9-7-8-17-13(9)15-12(16)10-3-5-11(14-2)6-4-10/h3-8,14H,1-2H3,(H,15,16). The molecule has 0 aliphatic carbocycles. The lowest BCUT2D eigenvalue weighted by atomic mass is 10.2. The number of nitrogens with one attached hydrogen (secondary N) is 2. The number of amides is 1. The Morgan fingerprint density at radius 2 is 1.88 bits per heavy atom. The van der Waals surface area contributed by atoms with Crippen LogP contribution in [0.5, 0.6) is 0 Å². The average Bonchev–Trinajstić information content (AvgIpc) is 2.75. The first-order valence-electron chi connectivity index (χ1n) is 5.34. The number of hydrogen-bond acceptors (Lipinski definition) is 3. The molecule has 0 bridgehead atoms. The molecule has 4 heteroatoms. The van der Waals surface area contributed by atoms with Gasteiger partial charge in [-0.1, -0.05) is 0 Å². The minimum atomic E-state index is -0.0711. The number of aryl methyl sites for hydroxylation is 1. The van der Waals surface area contributed by atoms with E-state index in [0.29, 0.717) is 5.56 Å². The van der Waals surface area contributed by atoms with Gasteiger partial charge in [0.2, 0.25) is 0 Å². The van der Waals surface area contributed by atoms with Crippen LogP contribution in [0, 0.1) is 6.92 Å². The summed E-state index contributed by atoms with van der Waals surface area (Å²) in [5.74, 6) is -0.0711. The second kappa shape index (κ2) is 5.01. The molecule has 0 saturated carbocycles. The lowest BCUT2D eigenvalue weighted by Gasteiger charge is -2.05. The van der Waals surface area contributed by atoms with E-state index >= 15 is 0 Å². The number of hydrogen-bond donors (Lipinski definition) is 2. The van der Waals surface area contributed by atoms with E-state index in [1.807, 2.05) is 49.7 Å². The van der Waals surface area contributed by atoms with E-state index in [1.165, 1.54) is 11.3 Å². The number of anilines is 2. The summed E-state index contributed by atoms with van der Waals surface area (Å²) in [6.07, 6.45) is 0. The minimum Gasteiger partial charge on any atom is -0.388 e. The van der Waals surface area contributed by atoms with Crippen molar-refractivity contribution < 1.29 is 4.79 Å². The molecule has 0 atom stereocenters. The van der Waals surface area contributed by atoms with Crippen molar-refractivity contribution in [3.8, 4) is 0 Å². The predicted molar refractivity (Wildman–Crippen MR) is 73.0 cm³/mol. The van der Waals surface area contributed by atoms with Crippen LogP contribution in [0.2, 0.25) is 0 Å². The lowest BCUT2D eigenvalue weighted by molar-refractivity contribution is 0.102. The van der Waals surface area contributed by atoms with Gasteiger partial charge in [0.25, 0.3) is 5.91 Å². The first-order valence-corrected chi connectivity index (χ1v) is 6.22. The highest BCUT2D eigenvalue weighted by molar-refractivity contribution is 7.14. The van der Waals surface area contributed by atoms with Crippen molar-refractivity contribution >= 4 is 27.9 Å². The van der Waals surface area contributed by atoms with E-state index in [1.54, 1.807) is 0 Å². The number of rotatable bonds is 3. The largest absolute Gasteiger partial charge is 0.388 e. The molecule has 0 spiro atoms. The van der Waals surface area contributed by atoms with Gasteiger partial charge >= 0.3 is 0 Å². The maximum absolute atomic E-state index is 11.9. The fraction of sp³-hybridized carbons (Fsp3) is 0.154. The maximum Gasteiger partial charge on any atom is 0.256 e. The summed E-state index contributed by atoms with van der Waals surface area (Å²) in [6, 6.07) is 9.38. The first kappa shape index (κ1) is 11.7. The lowest BCUT2D eigenvalue weighted by Crippen LogP contribution is -2.11. The smallest absolute Gasteiger partial charge is 0.256 e. The summed E-state index contributed by atoms with van der Waals surface area (Å²) in [5, 5.41) is 8.80. The van der Waals surface area contributed by atoms with E-state index in [2.05, 4.69) is 10.6 Å². The summed E-state index contributed by atoms with van der Waals surface area (Å²) in [4.78, 5) is 11.9. The van der Waals surface area contributed by atoms with Crippen molar-refractivity contribution in [3.05, 3.63) is 46.8 Å². The van der Waals surface area contributed by atoms with Gasteiger partial charge in [-0.25, -0.2) is 0 Å². The van der Waals surface area contributed by atoms with Gasteiger partial charge in [-0.05, 0) is 48.2 Å². The van der Waals surface area contributed by atoms with Crippen LogP contribution in [0.1, 0.15) is 15.9 Å². The van der Waals surface area contributed by atoms with Crippen molar-refractivity contribution in [2.45, 2.75) is 6.92 Å². The molecular formula is C13H14N2OS. The van der Waals surface area contributed by atoms with Crippen LogP contribution < -0.4 is 10.6 Å². The summed E-state index contributed by atoms with van der Waals surface area (Å²) in [5.41, 5.74) is 2.75. The van der Waals surface area contributed by atoms with Gasteiger partial charge in [0, 0.05) is 18.3 Å². The highest BCUT2D eigenvalue weighted by Gasteiger charge is 2.08. The fourth-order valence-corrected chi connectivity index (χ4v) is 2.28. The van der Waals surface area contributed by atoms with Crippen LogP contribution in [0.4, 0.5) is 10.7 Å². The molecular weight excluding hydrogens is 232 g/mol. The second-order valence-electron chi connectivity index (χ2n) is 3.71. The van der Waals surface area contributed by atoms with E-state index in [-0.39, 0.29) is 5.91 Å². The van der Waals surface area contributed by atoms with Crippen molar-refractivity contribution in [2.75, 3.05) is 17.7 Å². The molecule has 2 rings (SSSR count). The van der Waals surface area contributed by atoms with Gasteiger partial charge in [-0.15, -0.1) is 11.3 Å². The zero-order valence-corrected chi connectivity index (χ0v) is 10.6. The predicted octanol–water partition coefficient (Wildman–Crippen LogP) is 3.35. The quantitative estimate of drug-likeness (QED) is 0.872. The Kier molecular flexibility index (Phi) is 3.44. The molecule has 0 radical (unpaired) electrons. The Hall–Kier alpha value is -1.81. The Bertz CT molecular complexity index is 516. The molecule has 0 unspecified atom stereocenters. The summed E-state index contributed by atoms with van der Waals surface area (Å²) >= 11 is 1.54. The SMILES string of the molecule is CNc1ccc(C(=O)Nc2sccc2C)cc1. The first-order chi connectivity index (χ1) is 8.20. The molecule has 17 heavy (non-hydrogen) atoms. The molecule has 3 nitrogen and oxygen atoms in total. The second-order valence-corrected chi connectivity index (χ2v) is 4.63. The maximum atomic E-state index is 11.9. The zero-order valence-electron chi connectivity index (χ0n) is 9.78. The van der Waals surface area contributed by atoms with Crippen LogP contribution in [-0.2, 0) is 0 Å². The minimum absolute atomic E-state index is 0.0711. The van der Waals surface area contributed by atoms with Gasteiger partial charge in [0.15, 0.2) is 0 Å². The van der Waals surface area contributed by atoms with Gasteiger partial charge in [0.05, 0.1) is 5.00 Å². The van der Waals surface area contributed by atoms with Gasteiger partial charge in [-0.3, -0.25) is 4.79 Å². The third-order valence-corrected chi connectivity index (χ3v) is 3.46. The van der Waals surface area contributed by atoms with Gasteiger partial charge in [-0.2, -0.15) is 0 Å². The van der Waals surface area contributed by atoms with E-state index in [0.717, 1.165) is 16.3 Å². The number of carbonyl (C=O) groups is 1. The van der Waals surface area contributed by atoms with Crippen molar-refractivity contribution in [3.63, 3.8) is 0 Å². The van der Waals surface area contributed by atoms with Crippen LogP contribution in [-0.4, -0.2) is 13.0 Å². The van der Waals surface area contributed by atoms with Gasteiger partial charge < -0.3 is 10.6 Å². The molecule has 1 aromatic heterocycles. The van der Waals surface area contributed by atoms with Crippen LogP contribution in [0.15, 0.2) is 35.7 Å². The molecule has 2 N–H and O–H groups in total. The topological polar surface area (TPSA) is 41.1 Å². The Morgan fingerprint density at radius 3 is 2.41 bits per heavy atom. The fourth-order valence-electron chi connectivity index (χ4n) is 1.46. The molecule has 0 fully saturated rings. The summed E-state index contributed by atoms with van der Waals surface area (Å²) < 4.78 is 0. The Balaban J connectivity index is 2.12. The van der Waals surface area contributed by atoms with E-state index in [9.17, 15) is 4.79 Å². The zero-order chi connectivity index (χ0) is 12.3. The molecule has 0 aliphatic rings. The van der Waals surface area contributed by atoms with Crippen LogP contribution in [0.25, 0.3) is 0 Å². The summed E-state index contributed by atoms with van der Waals surface area (Å²) in [7, 11) is 1.85. The number of thiophene rings is 1. The molecule has 88 valence electrons. The molecule has 1 heterocycles. The molecule has 0 saturated heterocycles. The molecule has 0 aliphatic heterocycles. The highest BCUT2D eigenvalue weighted by atomic mass is 32.1. The van der Waals surface area contributed by atoms with Crippen LogP contribution >= 0.6 is 11.3 Å². The monoisotopic (exact) mass is 246 g/mol. The van der Waals surface area contributed by atoms with Crippen molar-refractivity contribution in [1.29, 1.82) is 0 Å². The Morgan fingerprint density at radius 1 is 1.18 bits per heavy atom. The normalized spacial score (nSPS) is 10.0. The third-order valence-electron chi connectivity index (χ3n) is 2.52. The summed E-state index contributed by atoms with van der Waals surface area (Å²) in [6.45, 7) is 1.98. The van der Waals surface area contributed by atoms with E-state index in [4.69, 9.17) is 0 Å². The average molecular weight is 246 g/mol. The molecule has 2 aromatic rings. The third kappa shape index (κ3) is 2.65. The molecule has 1 amide bonds. The Labute approximate surface area is 104 Å². The number of benzene rings is 1. The van der Waals surface area contributed by atoms with Gasteiger partial charge in [0.1, 0.15) is 0 Å². The molecule has 1 aromatic carbocycles. The highest BCUT2D eigenvalue weighted by Crippen LogP contribution is 2.22. The van der Waals surface area contributed by atoms with Crippen molar-refractivity contribution in [1.82, 2.24) is 0 Å². The van der Waals surface area contributed by atoms with Crippen LogP contribution in [0.3, 0.4) is 0 Å². The van der Waals surface area contributed by atoms with Crippen molar-refractivity contribution in [2.24, 2.45) is 0 Å².